The van der Waals surface area contributed by atoms with Crippen LogP contribution in [0.1, 0.15) is 0 Å². The number of aromatic nitrogens is 2. The van der Waals surface area contributed by atoms with Crippen molar-refractivity contribution in [1.29, 1.82) is 0 Å². The Labute approximate surface area is 212 Å². The van der Waals surface area contributed by atoms with Gasteiger partial charge in [0.25, 0.3) is 0 Å². The number of methoxy groups -OCH3 is 1. The molecule has 0 aliphatic rings. The van der Waals surface area contributed by atoms with Gasteiger partial charge >= 0.3 is 6.09 Å². The first-order valence-electron chi connectivity index (χ1n) is 10.8. The van der Waals surface area contributed by atoms with Crippen LogP contribution in [-0.4, -0.2) is 22.3 Å². The summed E-state index contributed by atoms with van der Waals surface area (Å²) in [5, 5.41) is 3.37. The van der Waals surface area contributed by atoms with Crippen LogP contribution in [0, 0.1) is 0 Å². The van der Waals surface area contributed by atoms with Crippen LogP contribution in [-0.2, 0) is 4.74 Å². The van der Waals surface area contributed by atoms with Crippen LogP contribution in [0.15, 0.2) is 100 Å². The first kappa shape index (κ1) is 21.2. The van der Waals surface area contributed by atoms with E-state index in [9.17, 15) is 4.79 Å². The van der Waals surface area contributed by atoms with Crippen LogP contribution in [0.3, 0.4) is 0 Å². The number of carbonyl (C=O) groups is 1. The molecule has 0 spiro atoms. The van der Waals surface area contributed by atoms with Gasteiger partial charge in [-0.1, -0.05) is 54.6 Å². The van der Waals surface area contributed by atoms with Crippen molar-refractivity contribution < 1.29 is 9.53 Å². The normalized spacial score (nSPS) is 11.5. The molecular formula is C28H18Br2N2O2. The molecule has 2 aromatic heterocycles. The van der Waals surface area contributed by atoms with Crippen LogP contribution in [0.25, 0.3) is 49.5 Å². The van der Waals surface area contributed by atoms with Crippen molar-refractivity contribution in [2.24, 2.45) is 0 Å². The molecule has 2 heterocycles. The van der Waals surface area contributed by atoms with Gasteiger partial charge in [-0.2, -0.15) is 0 Å². The quantitative estimate of drug-likeness (QED) is 0.208. The zero-order valence-corrected chi connectivity index (χ0v) is 21.3. The van der Waals surface area contributed by atoms with Crippen molar-refractivity contribution in [3.05, 3.63) is 100 Å². The lowest BCUT2D eigenvalue weighted by Crippen LogP contribution is -2.11. The fourth-order valence-electron chi connectivity index (χ4n) is 4.68. The standard InChI is InChI=1S/C28H18Br2N2O2/c1-34-28(33)32-24-14-12-17(15-22(24)26(29)27(32)30)18-11-13-21-20-9-5-6-10-23(20)31(25(21)16-18)19-7-3-2-4-8-19/h2-16H,1H3. The summed E-state index contributed by atoms with van der Waals surface area (Å²) in [4.78, 5) is 12.3. The number of benzene rings is 4. The van der Waals surface area contributed by atoms with E-state index in [2.05, 4.69) is 109 Å². The number of hydrogen-bond acceptors (Lipinski definition) is 2. The summed E-state index contributed by atoms with van der Waals surface area (Å²) in [5.74, 6) is 0. The van der Waals surface area contributed by atoms with Crippen molar-refractivity contribution >= 4 is 70.7 Å². The third kappa shape index (κ3) is 3.13. The highest BCUT2D eigenvalue weighted by Gasteiger charge is 2.20. The molecular weight excluding hydrogens is 556 g/mol. The monoisotopic (exact) mass is 572 g/mol. The molecule has 0 atom stereocenters. The molecule has 0 radical (unpaired) electrons. The molecule has 0 N–H and O–H groups in total. The van der Waals surface area contributed by atoms with Crippen molar-refractivity contribution in [2.75, 3.05) is 7.11 Å². The van der Waals surface area contributed by atoms with E-state index in [-0.39, 0.29) is 0 Å². The maximum atomic E-state index is 12.3. The van der Waals surface area contributed by atoms with E-state index in [0.717, 1.165) is 37.7 Å². The van der Waals surface area contributed by atoms with Gasteiger partial charge in [-0.05, 0) is 79.4 Å². The third-order valence-electron chi connectivity index (χ3n) is 6.23. The maximum Gasteiger partial charge on any atom is 0.419 e. The van der Waals surface area contributed by atoms with Crippen LogP contribution < -0.4 is 0 Å². The molecule has 0 bridgehead atoms. The molecule has 34 heavy (non-hydrogen) atoms. The molecule has 4 nitrogen and oxygen atoms in total. The smallest absolute Gasteiger partial charge is 0.419 e. The predicted octanol–water partition coefficient (Wildman–Crippen LogP) is 8.54. The Morgan fingerprint density at radius 3 is 2.18 bits per heavy atom. The van der Waals surface area contributed by atoms with Crippen molar-refractivity contribution in [3.63, 3.8) is 0 Å². The van der Waals surface area contributed by atoms with Gasteiger partial charge in [0, 0.05) is 21.8 Å². The van der Waals surface area contributed by atoms with E-state index in [4.69, 9.17) is 4.74 Å². The Morgan fingerprint density at radius 1 is 0.706 bits per heavy atom. The topological polar surface area (TPSA) is 36.2 Å². The SMILES string of the molecule is COC(=O)n1c(Br)c(Br)c2cc(-c3ccc4c5ccccc5n(-c5ccccc5)c4c3)ccc21. The second-order valence-corrected chi connectivity index (χ2v) is 9.61. The summed E-state index contributed by atoms with van der Waals surface area (Å²) in [6.45, 7) is 0. The first-order valence-corrected chi connectivity index (χ1v) is 12.3. The zero-order chi connectivity index (χ0) is 23.4. The Hall–Kier alpha value is -3.35. The Balaban J connectivity index is 1.60. The molecule has 0 saturated heterocycles. The van der Waals surface area contributed by atoms with E-state index in [1.807, 2.05) is 18.2 Å². The van der Waals surface area contributed by atoms with Gasteiger partial charge in [0.05, 0.1) is 28.1 Å². The van der Waals surface area contributed by atoms with Crippen molar-refractivity contribution in [2.45, 2.75) is 0 Å². The average molecular weight is 574 g/mol. The van der Waals surface area contributed by atoms with E-state index >= 15 is 0 Å². The number of rotatable bonds is 2. The van der Waals surface area contributed by atoms with Crippen LogP contribution in [0.2, 0.25) is 0 Å². The Morgan fingerprint density at radius 2 is 1.38 bits per heavy atom. The molecule has 0 saturated carbocycles. The summed E-state index contributed by atoms with van der Waals surface area (Å²) >= 11 is 7.15. The minimum atomic E-state index is -0.441. The van der Waals surface area contributed by atoms with E-state index in [0.29, 0.717) is 4.60 Å². The fraction of sp³-hybridized carbons (Fsp3) is 0.0357. The molecule has 4 aromatic carbocycles. The van der Waals surface area contributed by atoms with Gasteiger partial charge in [-0.3, -0.25) is 0 Å². The minimum absolute atomic E-state index is 0.441. The van der Waals surface area contributed by atoms with Gasteiger partial charge in [0.2, 0.25) is 0 Å². The lowest BCUT2D eigenvalue weighted by atomic mass is 10.0. The van der Waals surface area contributed by atoms with Gasteiger partial charge < -0.3 is 9.30 Å². The highest BCUT2D eigenvalue weighted by Crippen LogP contribution is 2.39. The molecule has 6 heteroatoms. The minimum Gasteiger partial charge on any atom is -0.452 e. The van der Waals surface area contributed by atoms with E-state index < -0.39 is 6.09 Å². The predicted molar refractivity (Wildman–Crippen MR) is 145 cm³/mol. The number of para-hydroxylation sites is 2. The van der Waals surface area contributed by atoms with Crippen molar-refractivity contribution in [3.8, 4) is 16.8 Å². The fourth-order valence-corrected chi connectivity index (χ4v) is 5.72. The summed E-state index contributed by atoms with van der Waals surface area (Å²) in [6.07, 6.45) is -0.441. The van der Waals surface area contributed by atoms with Gasteiger partial charge in [-0.25, -0.2) is 9.36 Å². The van der Waals surface area contributed by atoms with Gasteiger partial charge in [0.1, 0.15) is 4.60 Å². The molecule has 0 unspecified atom stereocenters. The summed E-state index contributed by atoms with van der Waals surface area (Å²) < 4.78 is 10.2. The second kappa shape index (κ2) is 8.15. The molecule has 6 rings (SSSR count). The zero-order valence-electron chi connectivity index (χ0n) is 18.1. The lowest BCUT2D eigenvalue weighted by Gasteiger charge is -2.09. The van der Waals surface area contributed by atoms with Crippen LogP contribution in [0.4, 0.5) is 4.79 Å². The molecule has 166 valence electrons. The Kier molecular flexibility index (Phi) is 5.08. The number of ether oxygens (including phenoxy) is 1. The highest BCUT2D eigenvalue weighted by molar-refractivity contribution is 9.13. The largest absolute Gasteiger partial charge is 0.452 e. The van der Waals surface area contributed by atoms with Gasteiger partial charge in [-0.15, -0.1) is 0 Å². The van der Waals surface area contributed by atoms with E-state index in [1.165, 1.54) is 28.0 Å². The highest BCUT2D eigenvalue weighted by atomic mass is 79.9. The van der Waals surface area contributed by atoms with Crippen LogP contribution in [0.5, 0.6) is 0 Å². The molecule has 0 aliphatic heterocycles. The number of halogens is 2. The maximum absolute atomic E-state index is 12.3. The molecule has 0 amide bonds. The summed E-state index contributed by atoms with van der Waals surface area (Å²) in [5.41, 5.74) is 6.39. The number of nitrogens with zero attached hydrogens (tertiary/aromatic N) is 2. The summed E-state index contributed by atoms with van der Waals surface area (Å²) in [7, 11) is 1.38. The number of hydrogen-bond donors (Lipinski definition) is 0. The van der Waals surface area contributed by atoms with Crippen LogP contribution >= 0.6 is 31.9 Å². The average Bonchev–Trinajstić information content (AvgIpc) is 3.34. The molecule has 0 aliphatic carbocycles. The molecule has 6 aromatic rings. The summed E-state index contributed by atoms with van der Waals surface area (Å²) in [6, 6.07) is 31.6. The first-order chi connectivity index (χ1) is 16.6. The van der Waals surface area contributed by atoms with Gasteiger partial charge in [0.15, 0.2) is 0 Å². The van der Waals surface area contributed by atoms with Crippen molar-refractivity contribution in [1.82, 2.24) is 9.13 Å². The number of fused-ring (bicyclic) bond motifs is 4. The second-order valence-electron chi connectivity index (χ2n) is 8.06. The Bertz CT molecular complexity index is 1730. The molecule has 0 fully saturated rings. The van der Waals surface area contributed by atoms with E-state index in [1.54, 1.807) is 0 Å². The number of carbonyl (C=O) groups excluding carboxylic acids is 1. The third-order valence-corrected chi connectivity index (χ3v) is 8.32. The lowest BCUT2D eigenvalue weighted by molar-refractivity contribution is 0.173.